The van der Waals surface area contributed by atoms with Crippen molar-refractivity contribution in [1.82, 2.24) is 25.1 Å². The molecule has 7 heteroatoms. The fraction of sp³-hybridized carbons (Fsp3) is 0.818. The monoisotopic (exact) mass is 269 g/mol. The van der Waals surface area contributed by atoms with E-state index in [2.05, 4.69) is 20.4 Å². The van der Waals surface area contributed by atoms with E-state index in [0.717, 1.165) is 49.5 Å². The Morgan fingerprint density at radius 1 is 1.61 bits per heavy atom. The van der Waals surface area contributed by atoms with Gasteiger partial charge in [0.15, 0.2) is 5.82 Å². The Bertz CT molecular complexity index is 402. The summed E-state index contributed by atoms with van der Waals surface area (Å²) in [6.45, 7) is 0.849. The third kappa shape index (κ3) is 3.23. The number of nitrogens with zero attached hydrogens (tertiary/aromatic N) is 5. The third-order valence-corrected chi connectivity index (χ3v) is 3.72. The summed E-state index contributed by atoms with van der Waals surface area (Å²) in [5.41, 5.74) is 0. The van der Waals surface area contributed by atoms with Gasteiger partial charge in [-0.15, -0.1) is 5.10 Å². The van der Waals surface area contributed by atoms with Crippen molar-refractivity contribution in [3.05, 3.63) is 5.82 Å². The minimum atomic E-state index is 0.175. The van der Waals surface area contributed by atoms with Crippen LogP contribution in [0.15, 0.2) is 0 Å². The summed E-state index contributed by atoms with van der Waals surface area (Å²) in [5, 5.41) is 11.4. The maximum atomic E-state index is 5.61. The van der Waals surface area contributed by atoms with Gasteiger partial charge in [0.1, 0.15) is 6.23 Å². The van der Waals surface area contributed by atoms with Gasteiger partial charge in [0, 0.05) is 27.1 Å². The van der Waals surface area contributed by atoms with E-state index in [1.165, 1.54) is 0 Å². The van der Waals surface area contributed by atoms with Crippen molar-refractivity contribution in [3.8, 4) is 0 Å². The highest BCUT2D eigenvalue weighted by molar-refractivity contribution is 7.80. The second kappa shape index (κ2) is 6.19. The molecule has 0 N–H and O–H groups in total. The molecule has 0 spiro atoms. The van der Waals surface area contributed by atoms with Crippen LogP contribution < -0.4 is 0 Å². The van der Waals surface area contributed by atoms with Crippen LogP contribution in [0.2, 0.25) is 0 Å². The quantitative estimate of drug-likeness (QED) is 0.741. The maximum absolute atomic E-state index is 5.61. The standard InChI is InChI=1S/C11H19N5OS/c1-15(10-6-4-8-17-10)11(18)7-3-5-9-12-13-14-16(9)2/h10H,3-8H2,1-2H3. The van der Waals surface area contributed by atoms with Crippen LogP contribution in [-0.4, -0.2) is 50.0 Å². The first-order valence-electron chi connectivity index (χ1n) is 6.27. The fourth-order valence-corrected chi connectivity index (χ4v) is 2.32. The second-order valence-corrected chi connectivity index (χ2v) is 5.02. The lowest BCUT2D eigenvalue weighted by molar-refractivity contribution is 0.0327. The molecule has 1 aliphatic rings. The highest BCUT2D eigenvalue weighted by Crippen LogP contribution is 2.17. The number of aromatic nitrogens is 4. The maximum Gasteiger partial charge on any atom is 0.150 e. The molecule has 1 atom stereocenters. The SMILES string of the molecule is CN(C(=S)CCCc1nnnn1C)C1CCCO1. The van der Waals surface area contributed by atoms with E-state index in [-0.39, 0.29) is 6.23 Å². The summed E-state index contributed by atoms with van der Waals surface area (Å²) in [4.78, 5) is 3.04. The van der Waals surface area contributed by atoms with Gasteiger partial charge in [0.25, 0.3) is 0 Å². The van der Waals surface area contributed by atoms with E-state index in [9.17, 15) is 0 Å². The summed E-state index contributed by atoms with van der Waals surface area (Å²) < 4.78 is 7.31. The Morgan fingerprint density at radius 3 is 3.06 bits per heavy atom. The molecule has 0 radical (unpaired) electrons. The molecule has 0 bridgehead atoms. The number of thiocarbonyl (C=S) groups is 1. The van der Waals surface area contributed by atoms with Crippen LogP contribution in [0.3, 0.4) is 0 Å². The molecule has 6 nitrogen and oxygen atoms in total. The summed E-state index contributed by atoms with van der Waals surface area (Å²) in [5.74, 6) is 0.901. The van der Waals surface area contributed by atoms with Gasteiger partial charge in [0.05, 0.1) is 4.99 Å². The molecule has 2 heterocycles. The Kier molecular flexibility index (Phi) is 4.60. The van der Waals surface area contributed by atoms with Crippen LogP contribution >= 0.6 is 12.2 Å². The van der Waals surface area contributed by atoms with Crippen LogP contribution in [0.5, 0.6) is 0 Å². The van der Waals surface area contributed by atoms with Crippen molar-refractivity contribution >= 4 is 17.2 Å². The molecule has 1 unspecified atom stereocenters. The van der Waals surface area contributed by atoms with Gasteiger partial charge in [-0.25, -0.2) is 4.68 Å². The molecule has 1 saturated heterocycles. The number of rotatable bonds is 5. The third-order valence-electron chi connectivity index (χ3n) is 3.23. The minimum Gasteiger partial charge on any atom is -0.358 e. The highest BCUT2D eigenvalue weighted by Gasteiger charge is 2.21. The lowest BCUT2D eigenvalue weighted by atomic mass is 10.2. The van der Waals surface area contributed by atoms with E-state index in [1.807, 2.05) is 14.1 Å². The van der Waals surface area contributed by atoms with Gasteiger partial charge >= 0.3 is 0 Å². The molecule has 1 fully saturated rings. The lowest BCUT2D eigenvalue weighted by Gasteiger charge is -2.26. The highest BCUT2D eigenvalue weighted by atomic mass is 32.1. The Morgan fingerprint density at radius 2 is 2.44 bits per heavy atom. The first kappa shape index (κ1) is 13.4. The molecule has 18 heavy (non-hydrogen) atoms. The largest absolute Gasteiger partial charge is 0.358 e. The zero-order chi connectivity index (χ0) is 13.0. The first-order chi connectivity index (χ1) is 8.68. The zero-order valence-corrected chi connectivity index (χ0v) is 11.7. The van der Waals surface area contributed by atoms with Crippen molar-refractivity contribution in [2.24, 2.45) is 7.05 Å². The number of ether oxygens (including phenoxy) is 1. The molecule has 0 aliphatic carbocycles. The fourth-order valence-electron chi connectivity index (χ4n) is 2.06. The molecule has 0 amide bonds. The van der Waals surface area contributed by atoms with Crippen molar-refractivity contribution in [2.45, 2.75) is 38.3 Å². The van der Waals surface area contributed by atoms with Crippen LogP contribution in [0.25, 0.3) is 0 Å². The molecule has 1 aromatic heterocycles. The summed E-state index contributed by atoms with van der Waals surface area (Å²) in [6, 6.07) is 0. The first-order valence-corrected chi connectivity index (χ1v) is 6.68. The predicted molar refractivity (Wildman–Crippen MR) is 71.1 cm³/mol. The predicted octanol–water partition coefficient (Wildman–Crippen LogP) is 0.928. The van der Waals surface area contributed by atoms with Gasteiger partial charge < -0.3 is 9.64 Å². The number of tetrazole rings is 1. The van der Waals surface area contributed by atoms with Crippen LogP contribution in [0.4, 0.5) is 0 Å². The van der Waals surface area contributed by atoms with Crippen LogP contribution in [0.1, 0.15) is 31.5 Å². The molecule has 1 aliphatic heterocycles. The van der Waals surface area contributed by atoms with Gasteiger partial charge in [-0.3, -0.25) is 0 Å². The molecule has 100 valence electrons. The average molecular weight is 269 g/mol. The normalized spacial score (nSPS) is 19.1. The number of aryl methyl sites for hydroxylation is 2. The van der Waals surface area contributed by atoms with E-state index in [4.69, 9.17) is 17.0 Å². The van der Waals surface area contributed by atoms with E-state index in [0.29, 0.717) is 0 Å². The molecule has 1 aromatic rings. The summed E-state index contributed by atoms with van der Waals surface area (Å²) >= 11 is 5.43. The number of hydrogen-bond acceptors (Lipinski definition) is 5. The molecular weight excluding hydrogens is 250 g/mol. The Labute approximate surface area is 112 Å². The van der Waals surface area contributed by atoms with E-state index < -0.39 is 0 Å². The molecule has 0 aromatic carbocycles. The zero-order valence-electron chi connectivity index (χ0n) is 10.9. The summed E-state index contributed by atoms with van der Waals surface area (Å²) in [7, 11) is 3.87. The van der Waals surface area contributed by atoms with Crippen LogP contribution in [-0.2, 0) is 18.2 Å². The van der Waals surface area contributed by atoms with Crippen molar-refractivity contribution in [1.29, 1.82) is 0 Å². The molecular formula is C11H19N5OS. The van der Waals surface area contributed by atoms with Gasteiger partial charge in [-0.1, -0.05) is 12.2 Å². The van der Waals surface area contributed by atoms with Crippen molar-refractivity contribution < 1.29 is 4.74 Å². The Balaban J connectivity index is 1.73. The van der Waals surface area contributed by atoms with Crippen LogP contribution in [0, 0.1) is 0 Å². The van der Waals surface area contributed by atoms with Gasteiger partial charge in [0.2, 0.25) is 0 Å². The van der Waals surface area contributed by atoms with Gasteiger partial charge in [-0.05, 0) is 36.1 Å². The van der Waals surface area contributed by atoms with E-state index in [1.54, 1.807) is 4.68 Å². The van der Waals surface area contributed by atoms with Gasteiger partial charge in [-0.2, -0.15) is 0 Å². The average Bonchev–Trinajstić information content (AvgIpc) is 3.00. The van der Waals surface area contributed by atoms with Crippen molar-refractivity contribution in [3.63, 3.8) is 0 Å². The van der Waals surface area contributed by atoms with Crippen molar-refractivity contribution in [2.75, 3.05) is 13.7 Å². The smallest absolute Gasteiger partial charge is 0.150 e. The minimum absolute atomic E-state index is 0.175. The summed E-state index contributed by atoms with van der Waals surface area (Å²) in [6.07, 6.45) is 5.06. The number of hydrogen-bond donors (Lipinski definition) is 0. The molecule has 2 rings (SSSR count). The Hall–Kier alpha value is -1.08. The topological polar surface area (TPSA) is 56.1 Å². The van der Waals surface area contributed by atoms with E-state index >= 15 is 0 Å². The second-order valence-electron chi connectivity index (χ2n) is 4.54. The molecule has 0 saturated carbocycles. The lowest BCUT2D eigenvalue weighted by Crippen LogP contribution is -2.35.